The molecule has 0 aliphatic rings. The Morgan fingerprint density at radius 2 is 1.89 bits per heavy atom. The number of para-hydroxylation sites is 1. The monoisotopic (exact) mass is 287 g/mol. The van der Waals surface area contributed by atoms with Crippen LogP contribution in [0.3, 0.4) is 0 Å². The predicted octanol–water partition coefficient (Wildman–Crippen LogP) is 4.02. The van der Waals surface area contributed by atoms with Gasteiger partial charge in [-0.05, 0) is 24.3 Å². The van der Waals surface area contributed by atoms with Crippen LogP contribution in [0.15, 0.2) is 58.7 Å². The molecule has 5 heteroatoms. The first-order chi connectivity index (χ1) is 9.25. The molecule has 94 valence electrons. The quantitative estimate of drug-likeness (QED) is 0.723. The molecule has 0 saturated heterocycles. The number of hydrogen-bond acceptors (Lipinski definition) is 4. The molecule has 19 heavy (non-hydrogen) atoms. The van der Waals surface area contributed by atoms with Crippen molar-refractivity contribution in [3.05, 3.63) is 53.8 Å². The largest absolute Gasteiger partial charge is 0.397 e. The summed E-state index contributed by atoms with van der Waals surface area (Å²) in [5.74, 6) is 0. The molecule has 0 aliphatic carbocycles. The molecule has 3 nitrogen and oxygen atoms in total. The average Bonchev–Trinajstić information content (AvgIpc) is 2.42. The Kier molecular flexibility index (Phi) is 3.27. The summed E-state index contributed by atoms with van der Waals surface area (Å²) < 4.78 is 0. The van der Waals surface area contributed by atoms with Crippen molar-refractivity contribution in [2.24, 2.45) is 0 Å². The summed E-state index contributed by atoms with van der Waals surface area (Å²) in [6.07, 6.45) is 3.48. The van der Waals surface area contributed by atoms with Gasteiger partial charge in [0.15, 0.2) is 0 Å². The van der Waals surface area contributed by atoms with Crippen LogP contribution in [-0.2, 0) is 0 Å². The maximum Gasteiger partial charge on any atom is 0.119 e. The second-order valence-corrected chi connectivity index (χ2v) is 5.38. The lowest BCUT2D eigenvalue weighted by molar-refractivity contribution is 1.13. The van der Waals surface area contributed by atoms with Crippen molar-refractivity contribution < 1.29 is 0 Å². The van der Waals surface area contributed by atoms with Crippen LogP contribution in [0.5, 0.6) is 0 Å². The smallest absolute Gasteiger partial charge is 0.119 e. The van der Waals surface area contributed by atoms with E-state index in [4.69, 9.17) is 17.3 Å². The third kappa shape index (κ3) is 2.37. The van der Waals surface area contributed by atoms with E-state index in [1.165, 1.54) is 11.8 Å². The average molecular weight is 288 g/mol. The summed E-state index contributed by atoms with van der Waals surface area (Å²) in [6.45, 7) is 0. The zero-order valence-electron chi connectivity index (χ0n) is 9.88. The summed E-state index contributed by atoms with van der Waals surface area (Å²) in [5.41, 5.74) is 7.41. The van der Waals surface area contributed by atoms with Crippen LogP contribution < -0.4 is 5.73 Å². The van der Waals surface area contributed by atoms with Crippen LogP contribution in [-0.4, -0.2) is 9.97 Å². The normalized spacial score (nSPS) is 10.8. The van der Waals surface area contributed by atoms with Gasteiger partial charge in [-0.15, -0.1) is 0 Å². The molecule has 1 aromatic carbocycles. The minimum atomic E-state index is 0.640. The van der Waals surface area contributed by atoms with Crippen molar-refractivity contribution in [1.29, 1.82) is 0 Å². The number of aromatic nitrogens is 2. The van der Waals surface area contributed by atoms with Gasteiger partial charge in [0.1, 0.15) is 5.03 Å². The third-order valence-electron chi connectivity index (χ3n) is 2.69. The minimum absolute atomic E-state index is 0.640. The van der Waals surface area contributed by atoms with Crippen LogP contribution in [0.1, 0.15) is 0 Å². The molecule has 0 unspecified atom stereocenters. The van der Waals surface area contributed by atoms with E-state index in [0.717, 1.165) is 20.8 Å². The predicted molar refractivity (Wildman–Crippen MR) is 79.5 cm³/mol. The van der Waals surface area contributed by atoms with Gasteiger partial charge in [-0.2, -0.15) is 0 Å². The van der Waals surface area contributed by atoms with Crippen LogP contribution in [0.4, 0.5) is 5.69 Å². The number of anilines is 1. The molecule has 0 radical (unpaired) electrons. The van der Waals surface area contributed by atoms with Crippen LogP contribution in [0, 0.1) is 0 Å². The van der Waals surface area contributed by atoms with Gasteiger partial charge in [0.2, 0.25) is 0 Å². The third-order valence-corrected chi connectivity index (χ3v) is 4.21. The van der Waals surface area contributed by atoms with Crippen LogP contribution in [0.25, 0.3) is 10.9 Å². The lowest BCUT2D eigenvalue weighted by Crippen LogP contribution is -1.90. The van der Waals surface area contributed by atoms with Crippen LogP contribution in [0.2, 0.25) is 5.02 Å². The zero-order chi connectivity index (χ0) is 13.2. The van der Waals surface area contributed by atoms with Gasteiger partial charge in [0.25, 0.3) is 0 Å². The number of rotatable bonds is 2. The number of fused-ring (bicyclic) bond motifs is 1. The molecule has 2 aromatic heterocycles. The summed E-state index contributed by atoms with van der Waals surface area (Å²) in [7, 11) is 0. The van der Waals surface area contributed by atoms with Crippen molar-refractivity contribution in [3.8, 4) is 0 Å². The zero-order valence-corrected chi connectivity index (χ0v) is 11.4. The molecule has 0 bridgehead atoms. The van der Waals surface area contributed by atoms with Gasteiger partial charge < -0.3 is 5.73 Å². The molecule has 0 spiro atoms. The van der Waals surface area contributed by atoms with Crippen molar-refractivity contribution in [2.75, 3.05) is 5.73 Å². The maximum absolute atomic E-state index is 6.13. The summed E-state index contributed by atoms with van der Waals surface area (Å²) >= 11 is 7.65. The maximum atomic E-state index is 6.13. The SMILES string of the molecule is Nc1cccc2c(Sc3ncccc3Cl)ccnc12. The fourth-order valence-electron chi connectivity index (χ4n) is 1.81. The lowest BCUT2D eigenvalue weighted by atomic mass is 10.2. The van der Waals surface area contributed by atoms with Crippen LogP contribution >= 0.6 is 23.4 Å². The van der Waals surface area contributed by atoms with Gasteiger partial charge in [-0.1, -0.05) is 35.5 Å². The molecule has 0 amide bonds. The molecule has 0 saturated carbocycles. The van der Waals surface area contributed by atoms with E-state index in [2.05, 4.69) is 9.97 Å². The Balaban J connectivity index is 2.12. The lowest BCUT2D eigenvalue weighted by Gasteiger charge is -2.07. The number of benzene rings is 1. The summed E-state index contributed by atoms with van der Waals surface area (Å²) in [6, 6.07) is 11.3. The number of halogens is 1. The van der Waals surface area contributed by atoms with E-state index in [0.29, 0.717) is 10.7 Å². The van der Waals surface area contributed by atoms with Gasteiger partial charge in [0, 0.05) is 22.7 Å². The number of nitrogen functional groups attached to an aromatic ring is 1. The fourth-order valence-corrected chi connectivity index (χ4v) is 2.94. The van der Waals surface area contributed by atoms with Crippen molar-refractivity contribution >= 4 is 40.0 Å². The molecular formula is C14H10ClN3S. The number of nitrogens with zero attached hydrogens (tertiary/aromatic N) is 2. The first-order valence-corrected chi connectivity index (χ1v) is 6.87. The molecule has 3 rings (SSSR count). The Labute approximate surface area is 119 Å². The Bertz CT molecular complexity index is 746. The van der Waals surface area contributed by atoms with Gasteiger partial charge in [0.05, 0.1) is 16.2 Å². The second-order valence-electron chi connectivity index (χ2n) is 3.94. The van der Waals surface area contributed by atoms with Crippen molar-refractivity contribution in [2.45, 2.75) is 9.92 Å². The number of hydrogen-bond donors (Lipinski definition) is 1. The van der Waals surface area contributed by atoms with E-state index in [1.54, 1.807) is 12.4 Å². The minimum Gasteiger partial charge on any atom is -0.397 e. The number of pyridine rings is 2. The highest BCUT2D eigenvalue weighted by Crippen LogP contribution is 2.35. The highest BCUT2D eigenvalue weighted by atomic mass is 35.5. The van der Waals surface area contributed by atoms with E-state index in [1.807, 2.05) is 36.4 Å². The molecule has 3 aromatic rings. The topological polar surface area (TPSA) is 51.8 Å². The van der Waals surface area contributed by atoms with E-state index >= 15 is 0 Å². The molecular weight excluding hydrogens is 278 g/mol. The highest BCUT2D eigenvalue weighted by Gasteiger charge is 2.08. The highest BCUT2D eigenvalue weighted by molar-refractivity contribution is 7.99. The molecule has 2 heterocycles. The molecule has 2 N–H and O–H groups in total. The first kappa shape index (κ1) is 12.3. The Hall–Kier alpha value is -1.78. The molecule has 0 atom stereocenters. The van der Waals surface area contributed by atoms with Crippen molar-refractivity contribution in [1.82, 2.24) is 9.97 Å². The van der Waals surface area contributed by atoms with E-state index in [-0.39, 0.29) is 0 Å². The summed E-state index contributed by atoms with van der Waals surface area (Å²) in [5, 5.41) is 2.43. The molecule has 0 aliphatic heterocycles. The van der Waals surface area contributed by atoms with E-state index < -0.39 is 0 Å². The second kappa shape index (κ2) is 5.07. The van der Waals surface area contributed by atoms with Gasteiger partial charge >= 0.3 is 0 Å². The number of nitrogens with two attached hydrogens (primary N) is 1. The van der Waals surface area contributed by atoms with E-state index in [9.17, 15) is 0 Å². The standard InChI is InChI=1S/C14H10ClN3S/c15-10-4-2-7-18-14(10)19-12-6-8-17-13-9(12)3-1-5-11(13)16/h1-8H,16H2. The fraction of sp³-hybridized carbons (Fsp3) is 0. The Morgan fingerprint density at radius 3 is 2.74 bits per heavy atom. The molecule has 0 fully saturated rings. The van der Waals surface area contributed by atoms with Gasteiger partial charge in [-0.25, -0.2) is 4.98 Å². The first-order valence-electron chi connectivity index (χ1n) is 5.67. The van der Waals surface area contributed by atoms with Gasteiger partial charge in [-0.3, -0.25) is 4.98 Å². The Morgan fingerprint density at radius 1 is 1.00 bits per heavy atom. The van der Waals surface area contributed by atoms with Crippen molar-refractivity contribution in [3.63, 3.8) is 0 Å². The summed E-state index contributed by atoms with van der Waals surface area (Å²) in [4.78, 5) is 9.64.